The molecule has 1 aromatic heterocycles. The molecule has 2 heterocycles. The van der Waals surface area contributed by atoms with E-state index in [2.05, 4.69) is 20.2 Å². The number of halogens is 4. The zero-order chi connectivity index (χ0) is 27.7. The van der Waals surface area contributed by atoms with Crippen molar-refractivity contribution in [1.29, 1.82) is 0 Å². The number of alkyl halides is 3. The Morgan fingerprint density at radius 2 is 1.64 bits per heavy atom. The number of primary amides is 1. The van der Waals surface area contributed by atoms with Crippen molar-refractivity contribution in [3.63, 3.8) is 0 Å². The SMILES string of the molecule is NC(=O)N(c1ccc(N2CCN(C(=O)Nc3nc4ccccc4[nH]3)CC2)cc1)c1ccc(Cl)c(C(F)(F)F)c1. The summed E-state index contributed by atoms with van der Waals surface area (Å²) in [6, 6.07) is 16.1. The van der Waals surface area contributed by atoms with Gasteiger partial charge in [-0.1, -0.05) is 23.7 Å². The molecule has 0 saturated carbocycles. The van der Waals surface area contributed by atoms with Gasteiger partial charge >= 0.3 is 18.2 Å². The number of nitrogens with two attached hydrogens (primary N) is 1. The first kappa shape index (κ1) is 26.2. The topological polar surface area (TPSA) is 111 Å². The Bertz CT molecular complexity index is 1480. The number of urea groups is 2. The van der Waals surface area contributed by atoms with Crippen LogP contribution in [-0.2, 0) is 6.18 Å². The molecule has 9 nitrogen and oxygen atoms in total. The number of para-hydroxylation sites is 2. The number of amides is 4. The minimum absolute atomic E-state index is 0.0592. The molecule has 0 aliphatic carbocycles. The Balaban J connectivity index is 1.24. The van der Waals surface area contributed by atoms with Gasteiger partial charge in [0.2, 0.25) is 5.95 Å². The summed E-state index contributed by atoms with van der Waals surface area (Å²) in [7, 11) is 0. The maximum Gasteiger partial charge on any atom is 0.417 e. The molecule has 0 unspecified atom stereocenters. The van der Waals surface area contributed by atoms with Crippen LogP contribution in [0, 0.1) is 0 Å². The second kappa shape index (κ2) is 10.4. The number of aromatic nitrogens is 2. The molecule has 4 amide bonds. The summed E-state index contributed by atoms with van der Waals surface area (Å²) in [6.07, 6.45) is -4.69. The largest absolute Gasteiger partial charge is 0.417 e. The van der Waals surface area contributed by atoms with Crippen LogP contribution >= 0.6 is 11.6 Å². The molecule has 5 rings (SSSR count). The van der Waals surface area contributed by atoms with E-state index < -0.39 is 22.8 Å². The van der Waals surface area contributed by atoms with Crippen LogP contribution < -0.4 is 20.9 Å². The van der Waals surface area contributed by atoms with Crippen molar-refractivity contribution in [2.75, 3.05) is 41.3 Å². The van der Waals surface area contributed by atoms with E-state index in [-0.39, 0.29) is 11.7 Å². The first-order valence-electron chi connectivity index (χ1n) is 11.9. The number of nitrogens with zero attached hydrogens (tertiary/aromatic N) is 4. The number of hydrogen-bond acceptors (Lipinski definition) is 4. The average molecular weight is 558 g/mol. The lowest BCUT2D eigenvalue weighted by Crippen LogP contribution is -2.50. The lowest BCUT2D eigenvalue weighted by Gasteiger charge is -2.36. The van der Waals surface area contributed by atoms with E-state index in [9.17, 15) is 22.8 Å². The number of aromatic amines is 1. The van der Waals surface area contributed by atoms with Crippen molar-refractivity contribution in [3.8, 4) is 0 Å². The predicted octanol–water partition coefficient (Wildman–Crippen LogP) is 5.81. The monoisotopic (exact) mass is 557 g/mol. The van der Waals surface area contributed by atoms with Crippen molar-refractivity contribution in [2.45, 2.75) is 6.18 Å². The number of anilines is 4. The van der Waals surface area contributed by atoms with E-state index in [0.29, 0.717) is 37.8 Å². The minimum Gasteiger partial charge on any atom is -0.368 e. The number of benzene rings is 3. The van der Waals surface area contributed by atoms with Gasteiger partial charge < -0.3 is 20.5 Å². The summed E-state index contributed by atoms with van der Waals surface area (Å²) in [5, 5.41) is 2.32. The van der Waals surface area contributed by atoms with Gasteiger partial charge in [-0.25, -0.2) is 14.6 Å². The van der Waals surface area contributed by atoms with Crippen molar-refractivity contribution < 1.29 is 22.8 Å². The summed E-state index contributed by atoms with van der Waals surface area (Å²) in [4.78, 5) is 37.1. The first-order chi connectivity index (χ1) is 18.6. The number of piperazine rings is 1. The molecule has 0 spiro atoms. The fourth-order valence-corrected chi connectivity index (χ4v) is 4.67. The van der Waals surface area contributed by atoms with Crippen LogP contribution in [0.25, 0.3) is 11.0 Å². The van der Waals surface area contributed by atoms with Crippen molar-refractivity contribution in [2.24, 2.45) is 5.73 Å². The zero-order valence-corrected chi connectivity index (χ0v) is 21.1. The number of fused-ring (bicyclic) bond motifs is 1. The zero-order valence-electron chi connectivity index (χ0n) is 20.4. The third-order valence-electron chi connectivity index (χ3n) is 6.39. The van der Waals surface area contributed by atoms with E-state index in [1.54, 1.807) is 29.2 Å². The van der Waals surface area contributed by atoms with Gasteiger partial charge in [0.1, 0.15) is 0 Å². The predicted molar refractivity (Wildman–Crippen MR) is 144 cm³/mol. The van der Waals surface area contributed by atoms with E-state index in [1.807, 2.05) is 24.3 Å². The third kappa shape index (κ3) is 5.55. The van der Waals surface area contributed by atoms with Crippen LogP contribution in [-0.4, -0.2) is 53.1 Å². The first-order valence-corrected chi connectivity index (χ1v) is 12.3. The normalized spacial score (nSPS) is 13.9. The number of nitrogens with one attached hydrogen (secondary N) is 2. The second-order valence-corrected chi connectivity index (χ2v) is 9.27. The third-order valence-corrected chi connectivity index (χ3v) is 6.72. The van der Waals surface area contributed by atoms with Crippen LogP contribution in [0.1, 0.15) is 5.56 Å². The maximum absolute atomic E-state index is 13.3. The highest BCUT2D eigenvalue weighted by atomic mass is 35.5. The Morgan fingerprint density at radius 3 is 2.28 bits per heavy atom. The number of H-pyrrole nitrogens is 1. The summed E-state index contributed by atoms with van der Waals surface area (Å²) in [5.41, 5.74) is 7.10. The number of carbonyl (C=O) groups excluding carboxylic acids is 2. The fraction of sp³-hybridized carbons (Fsp3) is 0.192. The van der Waals surface area contributed by atoms with E-state index >= 15 is 0 Å². The summed E-state index contributed by atoms with van der Waals surface area (Å²) in [5.74, 6) is 0.376. The molecule has 13 heteroatoms. The van der Waals surface area contributed by atoms with Crippen LogP contribution in [0.3, 0.4) is 0 Å². The molecule has 1 fully saturated rings. The molecule has 4 N–H and O–H groups in total. The molecule has 202 valence electrons. The van der Waals surface area contributed by atoms with Gasteiger partial charge in [0.05, 0.1) is 33.0 Å². The molecule has 0 atom stereocenters. The number of rotatable bonds is 4. The molecule has 3 aromatic carbocycles. The Hall–Kier alpha value is -4.45. The van der Waals surface area contributed by atoms with Crippen molar-refractivity contribution >= 4 is 57.7 Å². The van der Waals surface area contributed by atoms with Gasteiger partial charge in [0.15, 0.2) is 0 Å². The van der Waals surface area contributed by atoms with Crippen molar-refractivity contribution in [3.05, 3.63) is 77.3 Å². The van der Waals surface area contributed by atoms with Crippen LogP contribution in [0.15, 0.2) is 66.7 Å². The maximum atomic E-state index is 13.3. The summed E-state index contributed by atoms with van der Waals surface area (Å²) < 4.78 is 40.0. The Labute approximate surface area is 225 Å². The molecular formula is C26H23ClF3N7O2. The minimum atomic E-state index is -4.69. The summed E-state index contributed by atoms with van der Waals surface area (Å²) in [6.45, 7) is 2.04. The van der Waals surface area contributed by atoms with Gasteiger partial charge in [-0.2, -0.15) is 13.2 Å². The molecule has 0 radical (unpaired) electrons. The highest BCUT2D eigenvalue weighted by molar-refractivity contribution is 6.31. The standard InChI is InChI=1S/C26H23ClF3N7O2/c27-20-10-9-18(15-19(20)26(28,29)30)37(23(31)38)17-7-5-16(6-8-17)35-11-13-36(14-12-35)25(39)34-24-32-21-3-1-2-4-22(21)33-24/h1-10,15H,11-14H2,(H2,31,38)(H2,32,33,34,39). The quantitative estimate of drug-likeness (QED) is 0.294. The number of imidazole rings is 1. The molecule has 1 aliphatic heterocycles. The van der Waals surface area contributed by atoms with Gasteiger partial charge in [0, 0.05) is 31.9 Å². The van der Waals surface area contributed by atoms with Gasteiger partial charge in [-0.15, -0.1) is 0 Å². The number of carbonyl (C=O) groups is 2. The molecule has 4 aromatic rings. The highest BCUT2D eigenvalue weighted by Gasteiger charge is 2.34. The molecule has 1 saturated heterocycles. The molecule has 1 aliphatic rings. The van der Waals surface area contributed by atoms with E-state index in [0.717, 1.165) is 33.8 Å². The highest BCUT2D eigenvalue weighted by Crippen LogP contribution is 2.38. The number of hydrogen-bond donors (Lipinski definition) is 3. The van der Waals surface area contributed by atoms with Crippen LogP contribution in [0.5, 0.6) is 0 Å². The van der Waals surface area contributed by atoms with Gasteiger partial charge in [-0.3, -0.25) is 10.2 Å². The molecule has 0 bridgehead atoms. The van der Waals surface area contributed by atoms with Crippen LogP contribution in [0.4, 0.5) is 45.8 Å². The second-order valence-electron chi connectivity index (χ2n) is 8.86. The Kier molecular flexibility index (Phi) is 6.96. The molecule has 39 heavy (non-hydrogen) atoms. The lowest BCUT2D eigenvalue weighted by molar-refractivity contribution is -0.137. The van der Waals surface area contributed by atoms with Crippen molar-refractivity contribution in [1.82, 2.24) is 14.9 Å². The smallest absolute Gasteiger partial charge is 0.368 e. The Morgan fingerprint density at radius 1 is 0.974 bits per heavy atom. The van der Waals surface area contributed by atoms with Gasteiger partial charge in [0.25, 0.3) is 0 Å². The van der Waals surface area contributed by atoms with E-state index in [4.69, 9.17) is 17.3 Å². The molecular weight excluding hydrogens is 535 g/mol. The van der Waals surface area contributed by atoms with Gasteiger partial charge in [-0.05, 0) is 54.6 Å². The average Bonchev–Trinajstić information content (AvgIpc) is 3.32. The fourth-order valence-electron chi connectivity index (χ4n) is 4.45. The van der Waals surface area contributed by atoms with E-state index in [1.165, 1.54) is 6.07 Å². The summed E-state index contributed by atoms with van der Waals surface area (Å²) >= 11 is 5.71. The lowest BCUT2D eigenvalue weighted by atomic mass is 10.1. The van der Waals surface area contributed by atoms with Crippen LogP contribution in [0.2, 0.25) is 5.02 Å².